The van der Waals surface area contributed by atoms with Crippen LogP contribution in [0.4, 0.5) is 0 Å². The van der Waals surface area contributed by atoms with Crippen LogP contribution in [-0.2, 0) is 4.79 Å². The van der Waals surface area contributed by atoms with E-state index in [-0.39, 0.29) is 0 Å². The zero-order valence-electron chi connectivity index (χ0n) is 5.92. The van der Waals surface area contributed by atoms with Crippen LogP contribution in [0.25, 0.3) is 0 Å². The molecule has 1 nitrogen and oxygen atoms in total. The van der Waals surface area contributed by atoms with Crippen LogP contribution in [0.2, 0.25) is 0 Å². The highest BCUT2D eigenvalue weighted by Gasteiger charge is 2.66. The molecule has 0 heterocycles. The lowest BCUT2D eigenvalue weighted by atomic mass is 9.96. The van der Waals surface area contributed by atoms with E-state index in [2.05, 4.69) is 6.29 Å². The molecule has 10 heavy (non-hydrogen) atoms. The van der Waals surface area contributed by atoms with Gasteiger partial charge >= 0.3 is 0 Å². The van der Waals surface area contributed by atoms with Crippen molar-refractivity contribution in [3.05, 3.63) is 0 Å². The smallest absolute Gasteiger partial charge is 0.0343 e. The molecule has 4 aliphatic carbocycles. The van der Waals surface area contributed by atoms with Crippen molar-refractivity contribution in [2.45, 2.75) is 19.3 Å². The van der Waals surface area contributed by atoms with Crippen LogP contribution >= 0.6 is 0 Å². The lowest BCUT2D eigenvalue weighted by molar-refractivity contribution is 0.415. The Morgan fingerprint density at radius 1 is 1.30 bits per heavy atom. The van der Waals surface area contributed by atoms with Crippen LogP contribution in [-0.4, -0.2) is 6.29 Å². The Morgan fingerprint density at radius 3 is 2.40 bits per heavy atom. The molecule has 4 rings (SSSR count). The van der Waals surface area contributed by atoms with Gasteiger partial charge in [-0.15, -0.1) is 6.42 Å². The molecule has 4 bridgehead atoms. The van der Waals surface area contributed by atoms with E-state index in [1.807, 2.05) is 0 Å². The van der Waals surface area contributed by atoms with Gasteiger partial charge in [0.05, 0.1) is 0 Å². The molecule has 0 aliphatic heterocycles. The van der Waals surface area contributed by atoms with E-state index in [0.717, 1.165) is 36.0 Å². The molecule has 3 atom stereocenters. The second-order valence-corrected chi connectivity index (χ2v) is 4.15. The molecular formula is C9H11O-. The van der Waals surface area contributed by atoms with Crippen molar-refractivity contribution < 1.29 is 4.79 Å². The van der Waals surface area contributed by atoms with Crippen molar-refractivity contribution in [3.8, 4) is 0 Å². The number of hydrogen-bond acceptors (Lipinski definition) is 1. The maximum absolute atomic E-state index is 10.2. The van der Waals surface area contributed by atoms with Crippen molar-refractivity contribution in [1.82, 2.24) is 0 Å². The Bertz CT molecular complexity index is 173. The van der Waals surface area contributed by atoms with Gasteiger partial charge in [-0.2, -0.15) is 0 Å². The normalized spacial score (nSPS) is 61.0. The molecule has 0 aromatic heterocycles. The molecular weight excluding hydrogens is 124 g/mol. The van der Waals surface area contributed by atoms with Crippen LogP contribution in [0, 0.1) is 29.6 Å². The highest BCUT2D eigenvalue weighted by Crippen LogP contribution is 2.73. The lowest BCUT2D eigenvalue weighted by Crippen LogP contribution is -2.04. The van der Waals surface area contributed by atoms with Crippen molar-refractivity contribution >= 4 is 6.29 Å². The van der Waals surface area contributed by atoms with Gasteiger partial charge in [-0.25, -0.2) is 0 Å². The topological polar surface area (TPSA) is 17.1 Å². The average Bonchev–Trinajstić information content (AvgIpc) is 2.38. The summed E-state index contributed by atoms with van der Waals surface area (Å²) in [6.07, 6.45) is 5.70. The first-order valence-corrected chi connectivity index (χ1v) is 4.27. The number of hydrogen-bond donors (Lipinski definition) is 0. The third-order valence-electron chi connectivity index (χ3n) is 3.97. The Labute approximate surface area is 60.8 Å². The lowest BCUT2D eigenvalue weighted by Gasteiger charge is -2.14. The second-order valence-electron chi connectivity index (χ2n) is 4.15. The van der Waals surface area contributed by atoms with E-state index >= 15 is 0 Å². The molecule has 54 valence electrons. The quantitative estimate of drug-likeness (QED) is 0.523. The minimum absolute atomic E-state index is 0.738. The third-order valence-corrected chi connectivity index (χ3v) is 3.97. The first-order valence-electron chi connectivity index (χ1n) is 4.27. The second kappa shape index (κ2) is 1.46. The summed E-state index contributed by atoms with van der Waals surface area (Å²) in [5, 5.41) is 0. The fourth-order valence-corrected chi connectivity index (χ4v) is 3.63. The van der Waals surface area contributed by atoms with E-state index in [1.54, 1.807) is 0 Å². The fourth-order valence-electron chi connectivity index (χ4n) is 3.63. The summed E-state index contributed by atoms with van der Waals surface area (Å²) in [5.74, 6) is 4.80. The Hall–Kier alpha value is -0.330. The van der Waals surface area contributed by atoms with Crippen molar-refractivity contribution in [3.63, 3.8) is 0 Å². The van der Waals surface area contributed by atoms with Crippen LogP contribution < -0.4 is 0 Å². The maximum Gasteiger partial charge on any atom is -0.0343 e. The third kappa shape index (κ3) is 0.415. The summed E-state index contributed by atoms with van der Waals surface area (Å²) in [6, 6.07) is 0. The van der Waals surface area contributed by atoms with Gasteiger partial charge in [0.25, 0.3) is 0 Å². The van der Waals surface area contributed by atoms with E-state index in [0.29, 0.717) is 0 Å². The minimum Gasteiger partial charge on any atom is -0.542 e. The highest BCUT2D eigenvalue weighted by atomic mass is 16.1. The summed E-state index contributed by atoms with van der Waals surface area (Å²) in [6.45, 7) is 0. The first-order chi connectivity index (χ1) is 4.92. The van der Waals surface area contributed by atoms with E-state index in [1.165, 1.54) is 12.8 Å². The number of carbonyl (C=O) groups excluding carboxylic acids is 1. The van der Waals surface area contributed by atoms with E-state index in [4.69, 9.17) is 0 Å². The Kier molecular flexibility index (Phi) is 0.781. The molecule has 4 saturated carbocycles. The molecule has 1 heteroatoms. The number of rotatable bonds is 2. The van der Waals surface area contributed by atoms with Crippen LogP contribution in [0.5, 0.6) is 0 Å². The van der Waals surface area contributed by atoms with Crippen molar-refractivity contribution in [1.29, 1.82) is 0 Å². The standard InChI is InChI=1S/C9H11O/c10-2-1-6-5-3-7-8(4-5)9(6)7/h5-9H,1,3-4H2/q-1. The van der Waals surface area contributed by atoms with Gasteiger partial charge in [-0.3, -0.25) is 6.29 Å². The maximum atomic E-state index is 10.2. The SMILES string of the molecule is O=[C-]CC1C2CC3C(C2)C13. The molecule has 3 unspecified atom stereocenters. The molecule has 0 amide bonds. The van der Waals surface area contributed by atoms with Crippen LogP contribution in [0.1, 0.15) is 19.3 Å². The van der Waals surface area contributed by atoms with Crippen molar-refractivity contribution in [2.75, 3.05) is 0 Å². The summed E-state index contributed by atoms with van der Waals surface area (Å²) in [4.78, 5) is 10.2. The molecule has 0 spiro atoms. The summed E-state index contributed by atoms with van der Waals surface area (Å²) >= 11 is 0. The summed E-state index contributed by atoms with van der Waals surface area (Å²) in [7, 11) is 0. The van der Waals surface area contributed by atoms with Gasteiger partial charge < -0.3 is 4.79 Å². The summed E-state index contributed by atoms with van der Waals surface area (Å²) in [5.41, 5.74) is 0. The highest BCUT2D eigenvalue weighted by molar-refractivity contribution is 5.51. The zero-order chi connectivity index (χ0) is 6.72. The first kappa shape index (κ1) is 5.34. The molecule has 0 saturated heterocycles. The summed E-state index contributed by atoms with van der Waals surface area (Å²) < 4.78 is 0. The van der Waals surface area contributed by atoms with Gasteiger partial charge in [0.1, 0.15) is 0 Å². The molecule has 0 radical (unpaired) electrons. The van der Waals surface area contributed by atoms with Gasteiger partial charge in [-0.1, -0.05) is 5.92 Å². The van der Waals surface area contributed by atoms with Gasteiger partial charge in [-0.05, 0) is 36.5 Å². The molecule has 4 aliphatic rings. The van der Waals surface area contributed by atoms with Gasteiger partial charge in [0.2, 0.25) is 0 Å². The average molecular weight is 135 g/mol. The van der Waals surface area contributed by atoms with Gasteiger partial charge in [0, 0.05) is 0 Å². The van der Waals surface area contributed by atoms with E-state index in [9.17, 15) is 4.79 Å². The largest absolute Gasteiger partial charge is 0.542 e. The Morgan fingerprint density at radius 2 is 2.00 bits per heavy atom. The molecule has 0 aromatic carbocycles. The van der Waals surface area contributed by atoms with Gasteiger partial charge in [0.15, 0.2) is 0 Å². The predicted molar refractivity (Wildman–Crippen MR) is 37.0 cm³/mol. The Balaban J connectivity index is 1.84. The minimum atomic E-state index is 0.738. The molecule has 4 fully saturated rings. The molecule has 0 aromatic rings. The zero-order valence-corrected chi connectivity index (χ0v) is 5.92. The monoisotopic (exact) mass is 135 g/mol. The fraction of sp³-hybridized carbons (Fsp3) is 0.889. The van der Waals surface area contributed by atoms with Crippen molar-refractivity contribution in [2.24, 2.45) is 29.6 Å². The van der Waals surface area contributed by atoms with E-state index < -0.39 is 0 Å². The van der Waals surface area contributed by atoms with Crippen LogP contribution in [0.3, 0.4) is 0 Å². The van der Waals surface area contributed by atoms with Crippen LogP contribution in [0.15, 0.2) is 0 Å². The molecule has 0 N–H and O–H groups in total. The predicted octanol–water partition coefficient (Wildman–Crippen LogP) is 1.39.